The molecule has 0 aliphatic carbocycles. The summed E-state index contributed by atoms with van der Waals surface area (Å²) in [5, 5.41) is 6.89. The van der Waals surface area contributed by atoms with Gasteiger partial charge in [0.2, 0.25) is 0 Å². The fraction of sp³-hybridized carbons (Fsp3) is 0.167. The Balaban J connectivity index is 2.67. The molecule has 0 atom stereocenters. The van der Waals surface area contributed by atoms with Crippen molar-refractivity contribution in [3.63, 3.8) is 0 Å². The number of rotatable bonds is 1. The van der Waals surface area contributed by atoms with Crippen molar-refractivity contribution in [3.8, 4) is 0 Å². The molecule has 4 heteroatoms. The molecule has 0 radical (unpaired) electrons. The third kappa shape index (κ3) is 0.950. The number of nitrogens with one attached hydrogen (secondary N) is 1. The van der Waals surface area contributed by atoms with E-state index in [4.69, 9.17) is 0 Å². The second-order valence-corrected chi connectivity index (χ2v) is 5.94. The number of halogens is 1. The van der Waals surface area contributed by atoms with Gasteiger partial charge in [0.15, 0.2) is 0 Å². The third-order valence-electron chi connectivity index (χ3n) is 1.28. The van der Waals surface area contributed by atoms with Crippen LogP contribution in [0.15, 0.2) is 12.3 Å². The molecule has 2 heterocycles. The minimum atomic E-state index is 0.258. The first kappa shape index (κ1) is 6.60. The summed E-state index contributed by atoms with van der Waals surface area (Å²) >= 11 is 2.12. The predicted molar refractivity (Wildman–Crippen MR) is 38.6 cm³/mol. The summed E-state index contributed by atoms with van der Waals surface area (Å²) in [4.78, 5) is 2.27. The predicted octanol–water partition coefficient (Wildman–Crippen LogP) is -1.49. The summed E-state index contributed by atoms with van der Waals surface area (Å²) in [6.45, 7) is 0. The van der Waals surface area contributed by atoms with Gasteiger partial charge in [-0.05, 0) is 0 Å². The third-order valence-corrected chi connectivity index (χ3v) is 5.21. The number of aromatic amines is 1. The molecule has 1 N–H and O–H groups in total. The standard InChI is InChI=1S/C6H6IN2S/c1-7-6-2-4-5(10-6)3-8-9-4/h2-3H,1H3,(H,8,9)/q-1. The molecule has 2 aromatic rings. The van der Waals surface area contributed by atoms with Gasteiger partial charge in [0, 0.05) is 0 Å². The Bertz CT molecular complexity index is 309. The molecule has 0 unspecified atom stereocenters. The molecule has 0 aliphatic rings. The number of hydrogen-bond acceptors (Lipinski definition) is 2. The molecule has 0 spiro atoms. The van der Waals surface area contributed by atoms with Crippen molar-refractivity contribution >= 4 is 21.6 Å². The molecule has 0 aromatic carbocycles. The summed E-state index contributed by atoms with van der Waals surface area (Å²) in [5.74, 6) is 0. The van der Waals surface area contributed by atoms with Gasteiger partial charge in [0.1, 0.15) is 0 Å². The zero-order valence-electron chi connectivity index (χ0n) is 5.39. The average molecular weight is 265 g/mol. The molecule has 54 valence electrons. The van der Waals surface area contributed by atoms with E-state index in [2.05, 4.69) is 21.2 Å². The fourth-order valence-electron chi connectivity index (χ4n) is 0.811. The topological polar surface area (TPSA) is 28.7 Å². The van der Waals surface area contributed by atoms with E-state index in [1.165, 1.54) is 13.1 Å². The zero-order valence-corrected chi connectivity index (χ0v) is 8.36. The van der Waals surface area contributed by atoms with E-state index < -0.39 is 0 Å². The molecule has 2 rings (SSSR count). The van der Waals surface area contributed by atoms with E-state index in [0.29, 0.717) is 0 Å². The van der Waals surface area contributed by atoms with Crippen LogP contribution in [0.5, 0.6) is 0 Å². The van der Waals surface area contributed by atoms with Gasteiger partial charge in [-0.1, -0.05) is 0 Å². The van der Waals surface area contributed by atoms with Gasteiger partial charge < -0.3 is 0 Å². The molecule has 10 heavy (non-hydrogen) atoms. The van der Waals surface area contributed by atoms with Crippen molar-refractivity contribution in [3.05, 3.63) is 15.1 Å². The Morgan fingerprint density at radius 2 is 2.60 bits per heavy atom. The summed E-state index contributed by atoms with van der Waals surface area (Å²) in [7, 11) is 0. The van der Waals surface area contributed by atoms with Crippen molar-refractivity contribution in [2.24, 2.45) is 0 Å². The van der Waals surface area contributed by atoms with Gasteiger partial charge in [-0.15, -0.1) is 0 Å². The van der Waals surface area contributed by atoms with E-state index in [1.807, 2.05) is 17.5 Å². The van der Waals surface area contributed by atoms with E-state index in [1.54, 1.807) is 0 Å². The van der Waals surface area contributed by atoms with Crippen LogP contribution in [0.2, 0.25) is 0 Å². The summed E-state index contributed by atoms with van der Waals surface area (Å²) in [6.07, 6.45) is 1.89. The number of H-pyrrole nitrogens is 1. The van der Waals surface area contributed by atoms with Gasteiger partial charge in [0.25, 0.3) is 0 Å². The maximum atomic E-state index is 3.93. The van der Waals surface area contributed by atoms with Crippen LogP contribution < -0.4 is 21.2 Å². The van der Waals surface area contributed by atoms with Crippen LogP contribution >= 0.6 is 11.3 Å². The van der Waals surface area contributed by atoms with Crippen LogP contribution in [0.3, 0.4) is 0 Å². The molecule has 0 saturated carbocycles. The quantitative estimate of drug-likeness (QED) is 0.494. The van der Waals surface area contributed by atoms with Crippen molar-refractivity contribution in [2.75, 3.05) is 4.93 Å². The first-order valence-electron chi connectivity index (χ1n) is 2.82. The van der Waals surface area contributed by atoms with E-state index in [-0.39, 0.29) is 21.2 Å². The second-order valence-electron chi connectivity index (χ2n) is 1.89. The van der Waals surface area contributed by atoms with Gasteiger partial charge in [-0.25, -0.2) is 0 Å². The molecule has 0 bridgehead atoms. The van der Waals surface area contributed by atoms with Crippen molar-refractivity contribution in [2.45, 2.75) is 0 Å². The van der Waals surface area contributed by atoms with Crippen LogP contribution in [-0.4, -0.2) is 15.1 Å². The maximum absolute atomic E-state index is 3.93. The molecule has 2 aromatic heterocycles. The van der Waals surface area contributed by atoms with Crippen LogP contribution in [0.4, 0.5) is 0 Å². The van der Waals surface area contributed by atoms with Gasteiger partial charge in [-0.2, -0.15) is 0 Å². The number of alkyl halides is 1. The first-order chi connectivity index (χ1) is 4.90. The minimum absolute atomic E-state index is 0.258. The van der Waals surface area contributed by atoms with Crippen molar-refractivity contribution in [1.82, 2.24) is 10.2 Å². The normalized spacial score (nSPS) is 11.3. The molecule has 2 nitrogen and oxygen atoms in total. The van der Waals surface area contributed by atoms with Crippen LogP contribution in [0, 0.1) is 2.88 Å². The van der Waals surface area contributed by atoms with Crippen LogP contribution in [-0.2, 0) is 0 Å². The average Bonchev–Trinajstić information content (AvgIpc) is 2.42. The Morgan fingerprint density at radius 3 is 3.30 bits per heavy atom. The summed E-state index contributed by atoms with van der Waals surface area (Å²) < 4.78 is 2.82. The van der Waals surface area contributed by atoms with E-state index in [0.717, 1.165) is 0 Å². The van der Waals surface area contributed by atoms with E-state index >= 15 is 0 Å². The second kappa shape index (κ2) is 2.50. The van der Waals surface area contributed by atoms with Crippen LogP contribution in [0.1, 0.15) is 0 Å². The Labute approximate surface area is 72.9 Å². The molecule has 0 saturated heterocycles. The molecular formula is C6H6IN2S-. The Hall–Kier alpha value is -0.100. The monoisotopic (exact) mass is 265 g/mol. The summed E-state index contributed by atoms with van der Waals surface area (Å²) in [5.41, 5.74) is 1.20. The molecule has 0 amide bonds. The molecular weight excluding hydrogens is 259 g/mol. The van der Waals surface area contributed by atoms with Crippen LogP contribution in [0.25, 0.3) is 10.2 Å². The first-order valence-corrected chi connectivity index (χ1v) is 6.88. The zero-order chi connectivity index (χ0) is 6.97. The number of thiophene rings is 1. The van der Waals surface area contributed by atoms with Gasteiger partial charge in [-0.3, -0.25) is 0 Å². The molecule has 0 fully saturated rings. The van der Waals surface area contributed by atoms with E-state index in [9.17, 15) is 0 Å². The number of hydrogen-bond donors (Lipinski definition) is 1. The fourth-order valence-corrected chi connectivity index (χ4v) is 3.59. The van der Waals surface area contributed by atoms with Gasteiger partial charge >= 0.3 is 73.0 Å². The Kier molecular flexibility index (Phi) is 1.65. The SMILES string of the molecule is C[I-]c1cc2[nH]ncc2s1. The summed E-state index contributed by atoms with van der Waals surface area (Å²) in [6, 6.07) is 2.21. The van der Waals surface area contributed by atoms with Gasteiger partial charge in [0.05, 0.1) is 0 Å². The number of fused-ring (bicyclic) bond motifs is 1. The molecule has 0 aliphatic heterocycles. The number of nitrogens with zero attached hydrogens (tertiary/aromatic N) is 1. The van der Waals surface area contributed by atoms with Crippen molar-refractivity contribution in [1.29, 1.82) is 0 Å². The Morgan fingerprint density at radius 1 is 1.70 bits per heavy atom. The number of aromatic nitrogens is 2. The van der Waals surface area contributed by atoms with Crippen molar-refractivity contribution < 1.29 is 21.2 Å².